The molecule has 0 aromatic heterocycles. The largest absolute Gasteiger partial charge is 0.484 e. The number of hydrogen-bond donors (Lipinski definition) is 0. The van der Waals surface area contributed by atoms with Crippen LogP contribution < -0.4 is 4.74 Å². The molecule has 1 aliphatic carbocycles. The SMILES string of the molecule is CC1CCC(Oc2c(F)cc(CCl)cc2F)CC1. The Morgan fingerprint density at radius 1 is 1.17 bits per heavy atom. The van der Waals surface area contributed by atoms with E-state index in [1.807, 2.05) is 0 Å². The minimum atomic E-state index is -0.663. The first-order valence-corrected chi connectivity index (χ1v) is 6.84. The normalized spacial score (nSPS) is 24.0. The van der Waals surface area contributed by atoms with Crippen LogP contribution in [-0.2, 0) is 5.88 Å². The third kappa shape index (κ3) is 3.14. The van der Waals surface area contributed by atoms with E-state index in [9.17, 15) is 8.78 Å². The van der Waals surface area contributed by atoms with Crippen molar-refractivity contribution >= 4 is 11.6 Å². The third-order valence-corrected chi connectivity index (χ3v) is 3.77. The van der Waals surface area contributed by atoms with E-state index in [0.717, 1.165) is 25.7 Å². The Labute approximate surface area is 111 Å². The second-order valence-electron chi connectivity index (χ2n) is 5.02. The molecular weight excluding hydrogens is 258 g/mol. The molecule has 1 nitrogen and oxygen atoms in total. The van der Waals surface area contributed by atoms with Crippen molar-refractivity contribution in [1.29, 1.82) is 0 Å². The lowest BCUT2D eigenvalue weighted by molar-refractivity contribution is 0.124. The van der Waals surface area contributed by atoms with Crippen LogP contribution >= 0.6 is 11.6 Å². The predicted molar refractivity (Wildman–Crippen MR) is 68.0 cm³/mol. The Morgan fingerprint density at radius 2 is 1.72 bits per heavy atom. The van der Waals surface area contributed by atoms with Crippen molar-refractivity contribution in [2.75, 3.05) is 0 Å². The van der Waals surface area contributed by atoms with Gasteiger partial charge in [-0.1, -0.05) is 6.92 Å². The van der Waals surface area contributed by atoms with Gasteiger partial charge < -0.3 is 4.74 Å². The van der Waals surface area contributed by atoms with Crippen LogP contribution in [0.4, 0.5) is 8.78 Å². The van der Waals surface area contributed by atoms with Crippen molar-refractivity contribution in [2.24, 2.45) is 5.92 Å². The van der Waals surface area contributed by atoms with E-state index < -0.39 is 11.6 Å². The average molecular weight is 275 g/mol. The van der Waals surface area contributed by atoms with Gasteiger partial charge in [0.2, 0.25) is 0 Å². The van der Waals surface area contributed by atoms with Crippen LogP contribution in [0.25, 0.3) is 0 Å². The fraction of sp³-hybridized carbons (Fsp3) is 0.571. The van der Waals surface area contributed by atoms with E-state index in [1.165, 1.54) is 12.1 Å². The summed E-state index contributed by atoms with van der Waals surface area (Å²) < 4.78 is 32.9. The zero-order valence-corrected chi connectivity index (χ0v) is 11.1. The second-order valence-corrected chi connectivity index (χ2v) is 5.29. The quantitative estimate of drug-likeness (QED) is 0.729. The number of rotatable bonds is 3. The number of ether oxygens (including phenoxy) is 1. The highest BCUT2D eigenvalue weighted by atomic mass is 35.5. The van der Waals surface area contributed by atoms with Crippen molar-refractivity contribution in [3.8, 4) is 5.75 Å². The highest BCUT2D eigenvalue weighted by Gasteiger charge is 2.22. The summed E-state index contributed by atoms with van der Waals surface area (Å²) in [5, 5.41) is 0. The minimum absolute atomic E-state index is 0.0768. The van der Waals surface area contributed by atoms with Crippen LogP contribution in [0.1, 0.15) is 38.2 Å². The van der Waals surface area contributed by atoms with E-state index >= 15 is 0 Å². The molecule has 18 heavy (non-hydrogen) atoms. The van der Waals surface area contributed by atoms with Crippen LogP contribution in [0, 0.1) is 17.6 Å². The Hall–Kier alpha value is -0.830. The fourth-order valence-corrected chi connectivity index (χ4v) is 2.47. The molecule has 0 atom stereocenters. The minimum Gasteiger partial charge on any atom is -0.484 e. The number of benzene rings is 1. The van der Waals surface area contributed by atoms with Crippen molar-refractivity contribution in [2.45, 2.75) is 44.6 Å². The zero-order chi connectivity index (χ0) is 13.1. The van der Waals surface area contributed by atoms with Gasteiger partial charge in [-0.2, -0.15) is 0 Å². The van der Waals surface area contributed by atoms with Gasteiger partial charge in [-0.05, 0) is 49.3 Å². The maximum Gasteiger partial charge on any atom is 0.191 e. The highest BCUT2D eigenvalue weighted by Crippen LogP contribution is 2.30. The molecule has 4 heteroatoms. The first kappa shape index (κ1) is 13.6. The zero-order valence-electron chi connectivity index (χ0n) is 10.4. The molecule has 1 aromatic rings. The van der Waals surface area contributed by atoms with Gasteiger partial charge in [0, 0.05) is 5.88 Å². The summed E-state index contributed by atoms with van der Waals surface area (Å²) >= 11 is 5.56. The van der Waals surface area contributed by atoms with Gasteiger partial charge in [0.25, 0.3) is 0 Å². The van der Waals surface area contributed by atoms with Gasteiger partial charge in [0.1, 0.15) is 0 Å². The van der Waals surface area contributed by atoms with E-state index in [-0.39, 0.29) is 17.7 Å². The van der Waals surface area contributed by atoms with Crippen LogP contribution in [0.2, 0.25) is 0 Å². The van der Waals surface area contributed by atoms with Crippen LogP contribution in [-0.4, -0.2) is 6.10 Å². The Balaban J connectivity index is 2.09. The van der Waals surface area contributed by atoms with E-state index in [0.29, 0.717) is 11.5 Å². The maximum absolute atomic E-state index is 13.7. The predicted octanol–water partition coefficient (Wildman–Crippen LogP) is 4.66. The summed E-state index contributed by atoms with van der Waals surface area (Å²) in [7, 11) is 0. The summed E-state index contributed by atoms with van der Waals surface area (Å²) in [6.07, 6.45) is 3.74. The average Bonchev–Trinajstić information content (AvgIpc) is 2.35. The van der Waals surface area contributed by atoms with Gasteiger partial charge in [-0.25, -0.2) is 8.78 Å². The van der Waals surface area contributed by atoms with Gasteiger partial charge >= 0.3 is 0 Å². The van der Waals surface area contributed by atoms with E-state index in [4.69, 9.17) is 16.3 Å². The molecule has 1 saturated carbocycles. The number of hydrogen-bond acceptors (Lipinski definition) is 1. The molecule has 0 amide bonds. The van der Waals surface area contributed by atoms with Gasteiger partial charge in [0.15, 0.2) is 17.4 Å². The Bertz CT molecular complexity index is 391. The lowest BCUT2D eigenvalue weighted by Crippen LogP contribution is -2.24. The van der Waals surface area contributed by atoms with E-state index in [2.05, 4.69) is 6.92 Å². The molecular formula is C14H17ClF2O. The molecule has 0 saturated heterocycles. The van der Waals surface area contributed by atoms with Crippen molar-refractivity contribution < 1.29 is 13.5 Å². The topological polar surface area (TPSA) is 9.23 Å². The van der Waals surface area contributed by atoms with Gasteiger partial charge in [-0.15, -0.1) is 11.6 Å². The molecule has 0 spiro atoms. The third-order valence-electron chi connectivity index (χ3n) is 3.46. The molecule has 1 aromatic carbocycles. The first-order chi connectivity index (χ1) is 8.60. The van der Waals surface area contributed by atoms with Crippen LogP contribution in [0.15, 0.2) is 12.1 Å². The molecule has 0 radical (unpaired) electrons. The monoisotopic (exact) mass is 274 g/mol. The Kier molecular flexibility index (Phi) is 4.44. The lowest BCUT2D eigenvalue weighted by Gasteiger charge is -2.27. The maximum atomic E-state index is 13.7. The summed E-state index contributed by atoms with van der Waals surface area (Å²) in [4.78, 5) is 0. The van der Waals surface area contributed by atoms with Gasteiger partial charge in [0.05, 0.1) is 6.10 Å². The van der Waals surface area contributed by atoms with Crippen molar-refractivity contribution in [3.05, 3.63) is 29.3 Å². The second kappa shape index (κ2) is 5.87. The lowest BCUT2D eigenvalue weighted by atomic mass is 9.89. The summed E-state index contributed by atoms with van der Waals surface area (Å²) in [5.74, 6) is -0.815. The van der Waals surface area contributed by atoms with Crippen LogP contribution in [0.3, 0.4) is 0 Å². The molecule has 2 rings (SSSR count). The molecule has 100 valence electrons. The number of alkyl halides is 1. The molecule has 0 unspecified atom stereocenters. The molecule has 0 heterocycles. The molecule has 1 aliphatic rings. The standard InChI is InChI=1S/C14H17ClF2O/c1-9-2-4-11(5-3-9)18-14-12(16)6-10(8-15)7-13(14)17/h6-7,9,11H,2-5,8H2,1H3. The molecule has 1 fully saturated rings. The smallest absolute Gasteiger partial charge is 0.191 e. The summed E-state index contributed by atoms with van der Waals surface area (Å²) in [6, 6.07) is 2.47. The molecule has 0 N–H and O–H groups in total. The first-order valence-electron chi connectivity index (χ1n) is 6.30. The van der Waals surface area contributed by atoms with Crippen molar-refractivity contribution in [1.82, 2.24) is 0 Å². The van der Waals surface area contributed by atoms with E-state index in [1.54, 1.807) is 0 Å². The van der Waals surface area contributed by atoms with Gasteiger partial charge in [-0.3, -0.25) is 0 Å². The fourth-order valence-electron chi connectivity index (χ4n) is 2.32. The molecule has 0 aliphatic heterocycles. The van der Waals surface area contributed by atoms with Crippen LogP contribution in [0.5, 0.6) is 5.75 Å². The molecule has 0 bridgehead atoms. The number of halogens is 3. The summed E-state index contributed by atoms with van der Waals surface area (Å²) in [6.45, 7) is 2.19. The highest BCUT2D eigenvalue weighted by molar-refractivity contribution is 6.17. The Morgan fingerprint density at radius 3 is 2.22 bits per heavy atom. The van der Waals surface area contributed by atoms with Crippen molar-refractivity contribution in [3.63, 3.8) is 0 Å². The summed E-state index contributed by atoms with van der Waals surface area (Å²) in [5.41, 5.74) is 0.427.